The van der Waals surface area contributed by atoms with Crippen molar-refractivity contribution in [3.8, 4) is 17.2 Å². The van der Waals surface area contributed by atoms with Crippen LogP contribution in [0.15, 0.2) is 65.6 Å². The minimum atomic E-state index is -4.55. The Labute approximate surface area is 218 Å². The number of carbonyl (C=O) groups excluding carboxylic acids is 2. The monoisotopic (exact) mass is 569 g/mol. The largest absolute Gasteiger partial charge is 0.540 e. The maximum absolute atomic E-state index is 14.0. The van der Waals surface area contributed by atoms with Crippen molar-refractivity contribution in [2.45, 2.75) is 17.3 Å². The predicted molar refractivity (Wildman–Crippen MR) is 129 cm³/mol. The van der Waals surface area contributed by atoms with Crippen molar-refractivity contribution < 1.29 is 49.8 Å². The van der Waals surface area contributed by atoms with E-state index in [2.05, 4.69) is 25.4 Å². The van der Waals surface area contributed by atoms with Gasteiger partial charge >= 0.3 is 18.4 Å². The molecule has 0 saturated carbocycles. The lowest BCUT2D eigenvalue weighted by Crippen LogP contribution is -2.41. The molecular weight excluding hydrogens is 550 g/mol. The molecule has 3 aromatic carbocycles. The number of rotatable bonds is 6. The maximum atomic E-state index is 14.0. The minimum absolute atomic E-state index is 0.0733. The summed E-state index contributed by atoms with van der Waals surface area (Å²) in [5.74, 6) is -0.894. The first-order valence-electron chi connectivity index (χ1n) is 10.9. The van der Waals surface area contributed by atoms with Gasteiger partial charge in [-0.2, -0.15) is 8.78 Å². The summed E-state index contributed by atoms with van der Waals surface area (Å²) >= 11 is 0. The van der Waals surface area contributed by atoms with Gasteiger partial charge in [0.25, 0.3) is 5.91 Å². The SMILES string of the molecule is CNC(=O)c1cccc(Oc2ccc(NC(=O)Nc3ccc4c(c3)C(F)(F)OC(F)(F)O4)c(S(C)(=O)=O)c2)c1. The van der Waals surface area contributed by atoms with Gasteiger partial charge < -0.3 is 25.4 Å². The molecule has 0 aromatic heterocycles. The Morgan fingerprint density at radius 3 is 2.33 bits per heavy atom. The van der Waals surface area contributed by atoms with E-state index in [1.54, 1.807) is 18.2 Å². The van der Waals surface area contributed by atoms with E-state index in [9.17, 15) is 35.6 Å². The van der Waals surface area contributed by atoms with Gasteiger partial charge in [-0.15, -0.1) is 8.78 Å². The predicted octanol–water partition coefficient (Wildman–Crippen LogP) is 4.89. The molecule has 1 heterocycles. The number of amides is 3. The van der Waals surface area contributed by atoms with E-state index in [0.717, 1.165) is 24.5 Å². The smallest absolute Gasteiger partial charge is 0.457 e. The van der Waals surface area contributed by atoms with Crippen LogP contribution in [0, 0.1) is 0 Å². The molecule has 0 radical (unpaired) electrons. The lowest BCUT2D eigenvalue weighted by Gasteiger charge is -2.30. The molecule has 3 amide bonds. The highest BCUT2D eigenvalue weighted by Gasteiger charge is 2.54. The van der Waals surface area contributed by atoms with Crippen LogP contribution in [0.3, 0.4) is 0 Å². The number of hydrogen-bond donors (Lipinski definition) is 3. The van der Waals surface area contributed by atoms with E-state index < -0.39 is 39.6 Å². The molecule has 1 aliphatic heterocycles. The molecule has 0 saturated heterocycles. The minimum Gasteiger partial charge on any atom is -0.457 e. The molecule has 0 aliphatic carbocycles. The molecule has 206 valence electrons. The summed E-state index contributed by atoms with van der Waals surface area (Å²) in [5.41, 5.74) is -1.17. The number of anilines is 2. The third-order valence-corrected chi connectivity index (χ3v) is 6.32. The van der Waals surface area contributed by atoms with Gasteiger partial charge in [0.05, 0.1) is 16.1 Å². The third kappa shape index (κ3) is 6.38. The van der Waals surface area contributed by atoms with Crippen molar-refractivity contribution in [3.63, 3.8) is 0 Å². The number of benzene rings is 3. The summed E-state index contributed by atoms with van der Waals surface area (Å²) in [4.78, 5) is 24.0. The van der Waals surface area contributed by atoms with Crippen LogP contribution in [0.25, 0.3) is 0 Å². The van der Waals surface area contributed by atoms with Gasteiger partial charge in [-0.05, 0) is 48.5 Å². The van der Waals surface area contributed by atoms with Crippen molar-refractivity contribution in [3.05, 3.63) is 71.8 Å². The standard InChI is InChI=1S/C24H19F4N3O7S/c1-29-21(32)13-4-3-5-15(10-13)36-16-7-8-18(20(12-16)39(2,34)35)31-22(33)30-14-6-9-19-17(11-14)23(25,26)38-24(27,28)37-19/h3-12H,1-2H3,(H,29,32)(H2,30,31,33). The molecule has 0 unspecified atom stereocenters. The van der Waals surface area contributed by atoms with Crippen LogP contribution in [0.2, 0.25) is 0 Å². The Hall–Kier alpha value is -4.37. The van der Waals surface area contributed by atoms with E-state index in [0.29, 0.717) is 11.6 Å². The van der Waals surface area contributed by atoms with Crippen molar-refractivity contribution in [1.82, 2.24) is 5.32 Å². The Balaban J connectivity index is 1.54. The van der Waals surface area contributed by atoms with Gasteiger partial charge in [-0.3, -0.25) is 4.79 Å². The number of fused-ring (bicyclic) bond motifs is 1. The van der Waals surface area contributed by atoms with Crippen molar-refractivity contribution >= 4 is 33.2 Å². The highest BCUT2D eigenvalue weighted by Crippen LogP contribution is 2.47. The summed E-state index contributed by atoms with van der Waals surface area (Å²) in [6, 6.07) is 11.3. The molecule has 1 aliphatic rings. The van der Waals surface area contributed by atoms with E-state index in [1.165, 1.54) is 25.2 Å². The number of nitrogens with one attached hydrogen (secondary N) is 3. The fourth-order valence-electron chi connectivity index (χ4n) is 3.52. The molecule has 39 heavy (non-hydrogen) atoms. The molecule has 10 nitrogen and oxygen atoms in total. The number of alkyl halides is 4. The van der Waals surface area contributed by atoms with E-state index in [4.69, 9.17) is 4.74 Å². The number of ether oxygens (including phenoxy) is 3. The van der Waals surface area contributed by atoms with Crippen molar-refractivity contribution in [2.24, 2.45) is 0 Å². The van der Waals surface area contributed by atoms with Crippen LogP contribution in [-0.2, 0) is 20.7 Å². The molecule has 15 heteroatoms. The summed E-state index contributed by atoms with van der Waals surface area (Å²) in [6.07, 6.45) is -8.07. The highest BCUT2D eigenvalue weighted by molar-refractivity contribution is 7.90. The number of carbonyl (C=O) groups is 2. The van der Waals surface area contributed by atoms with E-state index in [-0.39, 0.29) is 33.7 Å². The zero-order valence-corrected chi connectivity index (χ0v) is 20.9. The number of urea groups is 1. The summed E-state index contributed by atoms with van der Waals surface area (Å²) in [6.45, 7) is 0. The zero-order chi connectivity index (χ0) is 28.6. The van der Waals surface area contributed by atoms with Crippen LogP contribution in [0.4, 0.5) is 33.7 Å². The molecule has 3 N–H and O–H groups in total. The molecule has 0 spiro atoms. The molecule has 0 atom stereocenters. The Bertz CT molecular complexity index is 1570. The molecule has 4 rings (SSSR count). The molecule has 3 aromatic rings. The third-order valence-electron chi connectivity index (χ3n) is 5.19. The second-order valence-electron chi connectivity index (χ2n) is 8.11. The second-order valence-corrected chi connectivity index (χ2v) is 10.1. The van der Waals surface area contributed by atoms with E-state index >= 15 is 0 Å². The molecular formula is C24H19F4N3O7S. The average Bonchev–Trinajstić information content (AvgIpc) is 2.83. The lowest BCUT2D eigenvalue weighted by atomic mass is 10.1. The first-order chi connectivity index (χ1) is 18.2. The van der Waals surface area contributed by atoms with Gasteiger partial charge in [0, 0.05) is 30.6 Å². The number of sulfone groups is 1. The fraction of sp³-hybridized carbons (Fsp3) is 0.167. The summed E-state index contributed by atoms with van der Waals surface area (Å²) in [5, 5.41) is 6.97. The van der Waals surface area contributed by atoms with Gasteiger partial charge in [-0.25, -0.2) is 17.9 Å². The zero-order valence-electron chi connectivity index (χ0n) is 20.1. The van der Waals surface area contributed by atoms with Gasteiger partial charge in [0.1, 0.15) is 17.2 Å². The first kappa shape index (κ1) is 27.7. The number of halogens is 4. The number of hydrogen-bond acceptors (Lipinski definition) is 7. The van der Waals surface area contributed by atoms with E-state index in [1.807, 2.05) is 0 Å². The van der Waals surface area contributed by atoms with Crippen molar-refractivity contribution in [2.75, 3.05) is 23.9 Å². The summed E-state index contributed by atoms with van der Waals surface area (Å²) in [7, 11) is -2.46. The van der Waals surface area contributed by atoms with Gasteiger partial charge in [0.2, 0.25) is 0 Å². The molecule has 0 fully saturated rings. The first-order valence-corrected chi connectivity index (χ1v) is 12.8. The Morgan fingerprint density at radius 2 is 1.64 bits per heavy atom. The Morgan fingerprint density at radius 1 is 0.923 bits per heavy atom. The second kappa shape index (κ2) is 10.1. The Kier molecular flexibility index (Phi) is 7.14. The topological polar surface area (TPSA) is 132 Å². The summed E-state index contributed by atoms with van der Waals surface area (Å²) < 4.78 is 92.4. The van der Waals surface area contributed by atoms with Gasteiger partial charge in [-0.1, -0.05) is 6.07 Å². The van der Waals surface area contributed by atoms with Crippen LogP contribution in [0.1, 0.15) is 15.9 Å². The molecule has 0 bridgehead atoms. The maximum Gasteiger partial charge on any atom is 0.540 e. The normalized spacial score (nSPS) is 15.3. The van der Waals surface area contributed by atoms with Crippen LogP contribution in [-0.4, -0.2) is 40.0 Å². The average molecular weight is 569 g/mol. The van der Waals surface area contributed by atoms with Crippen LogP contribution >= 0.6 is 0 Å². The van der Waals surface area contributed by atoms with Crippen LogP contribution < -0.4 is 25.4 Å². The lowest BCUT2D eigenvalue weighted by molar-refractivity contribution is -0.461. The van der Waals surface area contributed by atoms with Crippen molar-refractivity contribution in [1.29, 1.82) is 0 Å². The van der Waals surface area contributed by atoms with Gasteiger partial charge in [0.15, 0.2) is 9.84 Å². The van der Waals surface area contributed by atoms with Crippen LogP contribution in [0.5, 0.6) is 17.2 Å². The highest BCUT2D eigenvalue weighted by atomic mass is 32.2. The quantitative estimate of drug-likeness (QED) is 0.360. The fourth-order valence-corrected chi connectivity index (χ4v) is 4.37.